The first-order valence-electron chi connectivity index (χ1n) is 16.3. The molecule has 1 heterocycles. The number of benzene rings is 2. The molecule has 47 heavy (non-hydrogen) atoms. The summed E-state index contributed by atoms with van der Waals surface area (Å²) in [6.07, 6.45) is 0.441. The molecule has 7 atom stereocenters. The molecule has 0 radical (unpaired) electrons. The number of aliphatic hydroxyl groups excluding tert-OH is 1. The van der Waals surface area contributed by atoms with Crippen LogP contribution in [0.4, 0.5) is 11.4 Å². The maximum Gasteiger partial charge on any atom is 0.230 e. The SMILES string of the molecule is CN(C)c1cc(NC2CCN(Cc3ccccc3)CC2)c(O)c2c1C[C@@H]1C[C@@H]3[C@@H](N(C)C)C(O)C(C(N)=O)C(=O)[C@]3(O)C(=O)C1C2=O. The minimum Gasteiger partial charge on any atom is -0.505 e. The normalized spacial score (nSPS) is 31.3. The molecule has 3 aliphatic carbocycles. The van der Waals surface area contributed by atoms with Crippen molar-refractivity contribution in [2.75, 3.05) is 51.5 Å². The summed E-state index contributed by atoms with van der Waals surface area (Å²) in [4.78, 5) is 60.3. The van der Waals surface area contributed by atoms with Crippen LogP contribution in [0.5, 0.6) is 5.75 Å². The van der Waals surface area contributed by atoms with Crippen molar-refractivity contribution in [1.29, 1.82) is 0 Å². The number of aromatic hydroxyl groups is 1. The zero-order chi connectivity index (χ0) is 33.9. The van der Waals surface area contributed by atoms with Gasteiger partial charge in [-0.1, -0.05) is 30.3 Å². The van der Waals surface area contributed by atoms with E-state index >= 15 is 0 Å². The fourth-order valence-corrected chi connectivity index (χ4v) is 8.68. The molecule has 1 amide bonds. The highest BCUT2D eigenvalue weighted by Gasteiger charge is 2.69. The Bertz CT molecular complexity index is 1590. The molecule has 3 unspecified atom stereocenters. The second-order valence-electron chi connectivity index (χ2n) is 14.2. The van der Waals surface area contributed by atoms with Crippen LogP contribution >= 0.6 is 0 Å². The number of amides is 1. The van der Waals surface area contributed by atoms with E-state index in [1.165, 1.54) is 5.56 Å². The lowest BCUT2D eigenvalue weighted by Gasteiger charge is -2.55. The second kappa shape index (κ2) is 12.3. The molecule has 12 heteroatoms. The molecule has 252 valence electrons. The average molecular weight is 648 g/mol. The van der Waals surface area contributed by atoms with Gasteiger partial charge in [-0.05, 0) is 62.9 Å². The number of aliphatic hydroxyl groups is 2. The van der Waals surface area contributed by atoms with Gasteiger partial charge in [0, 0.05) is 57.4 Å². The summed E-state index contributed by atoms with van der Waals surface area (Å²) < 4.78 is 0. The Morgan fingerprint density at radius 3 is 2.32 bits per heavy atom. The number of primary amides is 1. The van der Waals surface area contributed by atoms with E-state index in [4.69, 9.17) is 5.73 Å². The zero-order valence-electron chi connectivity index (χ0n) is 27.3. The number of piperidine rings is 1. The molecule has 1 saturated heterocycles. The van der Waals surface area contributed by atoms with E-state index < -0.39 is 64.7 Å². The van der Waals surface area contributed by atoms with Gasteiger partial charge in [0.25, 0.3) is 0 Å². The van der Waals surface area contributed by atoms with Crippen molar-refractivity contribution in [3.05, 3.63) is 53.1 Å². The fraction of sp³-hybridized carbons (Fsp3) is 0.543. The van der Waals surface area contributed by atoms with Crippen molar-refractivity contribution in [1.82, 2.24) is 9.80 Å². The molecule has 3 fully saturated rings. The first-order valence-corrected chi connectivity index (χ1v) is 16.3. The minimum absolute atomic E-state index is 0.00997. The Kier molecular flexibility index (Phi) is 8.67. The number of nitrogens with two attached hydrogens (primary N) is 1. The molecule has 0 spiro atoms. The van der Waals surface area contributed by atoms with Crippen molar-refractivity contribution in [3.63, 3.8) is 0 Å². The predicted molar refractivity (Wildman–Crippen MR) is 175 cm³/mol. The number of phenolic OH excluding ortho intramolecular Hbond substituents is 1. The topological polar surface area (TPSA) is 177 Å². The van der Waals surface area contributed by atoms with Gasteiger partial charge in [0.1, 0.15) is 11.7 Å². The zero-order valence-corrected chi connectivity index (χ0v) is 27.3. The number of hydrogen-bond acceptors (Lipinski definition) is 11. The van der Waals surface area contributed by atoms with Crippen molar-refractivity contribution >= 4 is 34.6 Å². The highest BCUT2D eigenvalue weighted by Crippen LogP contribution is 2.53. The summed E-state index contributed by atoms with van der Waals surface area (Å²) >= 11 is 0. The van der Waals surface area contributed by atoms with Crippen LogP contribution in [0.15, 0.2) is 36.4 Å². The number of Topliss-reactive ketones (excluding diaryl/α,β-unsaturated/α-hetero) is 3. The Morgan fingerprint density at radius 1 is 1.06 bits per heavy atom. The third-order valence-electron chi connectivity index (χ3n) is 10.9. The summed E-state index contributed by atoms with van der Waals surface area (Å²) in [5, 5.41) is 38.1. The highest BCUT2D eigenvalue weighted by atomic mass is 16.3. The van der Waals surface area contributed by atoms with Crippen molar-refractivity contribution < 1.29 is 34.5 Å². The molecule has 1 aliphatic heterocycles. The van der Waals surface area contributed by atoms with Crippen LogP contribution in [-0.2, 0) is 27.3 Å². The standard InChI is InChI=1S/C35H45N5O7/c1-38(2)24-16-23(37-20-10-12-40(13-11-20)17-18-8-6-5-7-9-18)29(41)26-21(24)14-19-15-22-28(39(3)4)31(43)27(34(36)46)33(45)35(22,47)32(44)25(19)30(26)42/h5-9,16,19-20,22,25,27-28,31,37,41,43,47H,10-15,17H2,1-4H3,(H2,36,46)/t19-,22-,25?,27?,28-,31?,35-/m1/s1. The Morgan fingerprint density at radius 2 is 1.72 bits per heavy atom. The van der Waals surface area contributed by atoms with Gasteiger partial charge in [-0.3, -0.25) is 24.1 Å². The third-order valence-corrected chi connectivity index (χ3v) is 10.9. The van der Waals surface area contributed by atoms with E-state index in [1.807, 2.05) is 43.3 Å². The van der Waals surface area contributed by atoms with Gasteiger partial charge in [0.05, 0.1) is 23.3 Å². The van der Waals surface area contributed by atoms with E-state index in [2.05, 4.69) is 22.3 Å². The molecule has 2 saturated carbocycles. The molecule has 0 aromatic heterocycles. The molecule has 4 aliphatic rings. The van der Waals surface area contributed by atoms with Crippen LogP contribution in [0.25, 0.3) is 0 Å². The fourth-order valence-electron chi connectivity index (χ4n) is 8.68. The predicted octanol–water partition coefficient (Wildman–Crippen LogP) is 0.801. The number of carbonyl (C=O) groups is 4. The van der Waals surface area contributed by atoms with Crippen LogP contribution in [-0.4, -0.2) is 113 Å². The summed E-state index contributed by atoms with van der Waals surface area (Å²) in [6.45, 7) is 2.58. The number of nitrogens with one attached hydrogen (secondary N) is 1. The smallest absolute Gasteiger partial charge is 0.230 e. The van der Waals surface area contributed by atoms with Gasteiger partial charge in [-0.25, -0.2) is 0 Å². The number of ketones is 3. The number of anilines is 2. The summed E-state index contributed by atoms with van der Waals surface area (Å²) in [5.41, 5.74) is 5.76. The van der Waals surface area contributed by atoms with Gasteiger partial charge in [0.2, 0.25) is 5.91 Å². The van der Waals surface area contributed by atoms with Crippen LogP contribution < -0.4 is 16.0 Å². The van der Waals surface area contributed by atoms with Gasteiger partial charge in [-0.15, -0.1) is 0 Å². The number of likely N-dealkylation sites (N-methyl/N-ethyl adjacent to an activating group) is 1. The Balaban J connectivity index is 1.31. The molecule has 12 nitrogen and oxygen atoms in total. The number of nitrogens with zero attached hydrogens (tertiary/aromatic N) is 3. The van der Waals surface area contributed by atoms with Crippen molar-refractivity contribution in [2.45, 2.75) is 56.0 Å². The van der Waals surface area contributed by atoms with Gasteiger partial charge in [0.15, 0.2) is 23.0 Å². The monoisotopic (exact) mass is 647 g/mol. The van der Waals surface area contributed by atoms with E-state index in [0.29, 0.717) is 11.3 Å². The molecular weight excluding hydrogens is 602 g/mol. The van der Waals surface area contributed by atoms with E-state index in [-0.39, 0.29) is 30.2 Å². The average Bonchev–Trinajstić information content (AvgIpc) is 3.01. The first kappa shape index (κ1) is 33.1. The molecule has 2 aromatic carbocycles. The van der Waals surface area contributed by atoms with Crippen LogP contribution in [0.3, 0.4) is 0 Å². The maximum absolute atomic E-state index is 14.3. The van der Waals surface area contributed by atoms with Crippen LogP contribution in [0.2, 0.25) is 0 Å². The second-order valence-corrected chi connectivity index (χ2v) is 14.2. The molecule has 6 N–H and O–H groups in total. The van der Waals surface area contributed by atoms with Gasteiger partial charge in [-0.2, -0.15) is 0 Å². The number of likely N-dealkylation sites (tertiary alicyclic amines) is 1. The first-order chi connectivity index (χ1) is 22.2. The number of carbonyl (C=O) groups excluding carboxylic acids is 4. The lowest BCUT2D eigenvalue weighted by Crippen LogP contribution is -2.75. The summed E-state index contributed by atoms with van der Waals surface area (Å²) in [7, 11) is 6.96. The quantitative estimate of drug-likeness (QED) is 0.212. The third kappa shape index (κ3) is 5.41. The van der Waals surface area contributed by atoms with Gasteiger partial charge < -0.3 is 36.2 Å². The Hall–Kier alpha value is -3.84. The maximum atomic E-state index is 14.3. The number of fused-ring (bicyclic) bond motifs is 3. The van der Waals surface area contributed by atoms with E-state index in [9.17, 15) is 34.5 Å². The molecular formula is C35H45N5O7. The molecule has 2 aromatic rings. The summed E-state index contributed by atoms with van der Waals surface area (Å²) in [6, 6.07) is 11.2. The lowest BCUT2D eigenvalue weighted by molar-refractivity contribution is -0.190. The molecule has 6 rings (SSSR count). The lowest BCUT2D eigenvalue weighted by atomic mass is 9.52. The highest BCUT2D eigenvalue weighted by molar-refractivity contribution is 6.26. The van der Waals surface area contributed by atoms with E-state index in [1.54, 1.807) is 19.0 Å². The number of rotatable bonds is 7. The van der Waals surface area contributed by atoms with E-state index in [0.717, 1.165) is 38.2 Å². The number of phenols is 1. The van der Waals surface area contributed by atoms with Gasteiger partial charge >= 0.3 is 0 Å². The summed E-state index contributed by atoms with van der Waals surface area (Å²) in [5.74, 6) is -9.11. The Labute approximate surface area is 274 Å². The van der Waals surface area contributed by atoms with Crippen LogP contribution in [0.1, 0.15) is 40.7 Å². The largest absolute Gasteiger partial charge is 0.505 e. The van der Waals surface area contributed by atoms with Crippen molar-refractivity contribution in [2.24, 2.45) is 29.4 Å². The van der Waals surface area contributed by atoms with Crippen molar-refractivity contribution in [3.8, 4) is 5.75 Å². The minimum atomic E-state index is -2.69. The molecule has 0 bridgehead atoms. The number of hydrogen-bond donors (Lipinski definition) is 5. The van der Waals surface area contributed by atoms with Crippen LogP contribution in [0, 0.1) is 23.7 Å².